The smallest absolute Gasteiger partial charge is 0.764 e. The minimum atomic E-state index is -6.22. The van der Waals surface area contributed by atoms with E-state index in [9.17, 15) is 52.7 Å². The second-order valence-electron chi connectivity index (χ2n) is 19.6. The van der Waals surface area contributed by atoms with Crippen molar-refractivity contribution in [3.63, 3.8) is 0 Å². The van der Waals surface area contributed by atoms with Crippen molar-refractivity contribution in [2.75, 3.05) is 0 Å². The summed E-state index contributed by atoms with van der Waals surface area (Å²) in [5.41, 5.74) is -10.2. The van der Waals surface area contributed by atoms with Crippen LogP contribution in [0.15, 0.2) is 0 Å². The van der Waals surface area contributed by atoms with Crippen LogP contribution in [0.2, 0.25) is 0 Å². The number of rotatable bonds is 4. The topological polar surface area (TPSA) is 51.7 Å². The number of benzene rings is 4. The molecule has 3 aliphatic rings. The standard InChI is InChI=1S/C24B2F20O2.2C9H19N.2Li/c27-5-1(6(28)14(36)21(43)13(5)35)25(2-7(29)15(37)22(44)16(38)8(2)30)47-26(48-25,3-9(31)17(39)23(45)18(40)10(3)32)4-11(33)19(41)24(46)20(42)12(4)34;2*1-8(2)6-5-7-9(3,4)10-8;;/h;2*10H,5-7H2,1-4H3;;/q-2;;;2*+1/p+2. The van der Waals surface area contributed by atoms with E-state index in [1.54, 1.807) is 0 Å². The molecule has 28 heteroatoms. The Morgan fingerprint density at radius 2 is 0.400 bits per heavy atom. The van der Waals surface area contributed by atoms with Crippen molar-refractivity contribution in [3.8, 4) is 0 Å². The molecule has 3 heterocycles. The maximum Gasteiger partial charge on any atom is 1.00 e. The fourth-order valence-corrected chi connectivity index (χ4v) is 9.61. The van der Waals surface area contributed by atoms with Crippen molar-refractivity contribution < 1.29 is 145 Å². The molecule has 3 saturated heterocycles. The number of halogens is 20. The molecule has 4 N–H and O–H groups in total. The molecule has 0 aromatic heterocycles. The Kier molecular flexibility index (Phi) is 18.2. The Labute approximate surface area is 411 Å². The number of hydrogen-bond acceptors (Lipinski definition) is 2. The zero-order chi connectivity index (χ0) is 51.9. The Morgan fingerprint density at radius 1 is 0.271 bits per heavy atom. The normalized spacial score (nSPS) is 19.0. The molecule has 0 saturated carbocycles. The Morgan fingerprint density at radius 3 is 0.514 bits per heavy atom. The van der Waals surface area contributed by atoms with Crippen molar-refractivity contribution in [2.24, 2.45) is 0 Å². The quantitative estimate of drug-likeness (QED) is 0.142. The molecule has 0 amide bonds. The molecule has 0 bridgehead atoms. The van der Waals surface area contributed by atoms with Crippen LogP contribution >= 0.6 is 0 Å². The van der Waals surface area contributed by atoms with E-state index in [4.69, 9.17) is 0 Å². The summed E-state index contributed by atoms with van der Waals surface area (Å²) in [5, 5.41) is 5.03. The predicted octanol–water partition coefficient (Wildman–Crippen LogP) is 1.92. The molecule has 4 aromatic carbocycles. The van der Waals surface area contributed by atoms with Crippen molar-refractivity contribution in [2.45, 2.75) is 116 Å². The van der Waals surface area contributed by atoms with Gasteiger partial charge in [0.15, 0.2) is 69.8 Å². The monoisotopic (exact) mass is 1020 g/mol. The third-order valence-corrected chi connectivity index (χ3v) is 12.1. The van der Waals surface area contributed by atoms with Crippen LogP contribution in [0, 0.1) is 116 Å². The van der Waals surface area contributed by atoms with Crippen LogP contribution in [0.3, 0.4) is 0 Å². The average molecular weight is 1020 g/mol. The molecule has 0 aliphatic carbocycles. The number of nitrogens with two attached hydrogens (primary N) is 2. The molecular weight excluding hydrogens is 980 g/mol. The molecule has 0 atom stereocenters. The van der Waals surface area contributed by atoms with Gasteiger partial charge >= 0.3 is 37.7 Å². The van der Waals surface area contributed by atoms with Crippen LogP contribution in [0.25, 0.3) is 0 Å². The largest absolute Gasteiger partial charge is 1.00 e. The van der Waals surface area contributed by atoms with Crippen LogP contribution in [-0.4, -0.2) is 35.3 Å². The Bertz CT molecular complexity index is 2240. The molecule has 4 aromatic rings. The van der Waals surface area contributed by atoms with Gasteiger partial charge in [-0.1, -0.05) is 21.9 Å². The van der Waals surface area contributed by atoms with Gasteiger partial charge in [-0.05, 0) is 68.2 Å². The summed E-state index contributed by atoms with van der Waals surface area (Å²) < 4.78 is 299. The molecule has 3 fully saturated rings. The van der Waals surface area contributed by atoms with Gasteiger partial charge in [0.1, 0.15) is 46.5 Å². The first-order valence-electron chi connectivity index (χ1n) is 20.4. The van der Waals surface area contributed by atoms with E-state index in [1.807, 2.05) is 0 Å². The van der Waals surface area contributed by atoms with Crippen LogP contribution < -0.4 is 70.2 Å². The second kappa shape index (κ2) is 20.9. The molecule has 70 heavy (non-hydrogen) atoms. The summed E-state index contributed by atoms with van der Waals surface area (Å²) in [6.07, 6.45) is 8.28. The van der Waals surface area contributed by atoms with Crippen LogP contribution in [-0.2, 0) is 9.14 Å². The van der Waals surface area contributed by atoms with Gasteiger partial charge in [-0.2, -0.15) is 0 Å². The molecule has 4 nitrogen and oxygen atoms in total. The Balaban J connectivity index is 0.000000485. The van der Waals surface area contributed by atoms with Gasteiger partial charge in [0.05, 0.1) is 22.2 Å². The van der Waals surface area contributed by atoms with Gasteiger partial charge in [0, 0.05) is 25.7 Å². The molecule has 376 valence electrons. The fourth-order valence-electron chi connectivity index (χ4n) is 9.61. The van der Waals surface area contributed by atoms with Crippen LogP contribution in [0.1, 0.15) is 93.9 Å². The van der Waals surface area contributed by atoms with Crippen LogP contribution in [0.4, 0.5) is 87.8 Å². The number of piperidine rings is 2. The number of quaternary nitrogens is 2. The molecule has 0 unspecified atom stereocenters. The van der Waals surface area contributed by atoms with Gasteiger partial charge in [-0.25, -0.2) is 87.8 Å². The summed E-state index contributed by atoms with van der Waals surface area (Å²) in [7, 11) is 0. The van der Waals surface area contributed by atoms with E-state index in [0.29, 0.717) is 22.2 Å². The van der Waals surface area contributed by atoms with Gasteiger partial charge in [-0.15, -0.1) is 0 Å². The molecule has 0 radical (unpaired) electrons. The van der Waals surface area contributed by atoms with E-state index in [1.165, 1.54) is 38.5 Å². The minimum absolute atomic E-state index is 0. The van der Waals surface area contributed by atoms with Gasteiger partial charge in [0.25, 0.3) is 0 Å². The predicted molar refractivity (Wildman–Crippen MR) is 205 cm³/mol. The maximum atomic E-state index is 15.1. The van der Waals surface area contributed by atoms with Crippen molar-refractivity contribution in [1.29, 1.82) is 0 Å². The molecule has 7 rings (SSSR count). The van der Waals surface area contributed by atoms with E-state index in [2.05, 4.69) is 75.2 Å². The fraction of sp³-hybridized carbons (Fsp3) is 0.429. The van der Waals surface area contributed by atoms with Gasteiger partial charge in [-0.3, -0.25) is 0 Å². The zero-order valence-electron chi connectivity index (χ0n) is 38.9. The average Bonchev–Trinajstić information content (AvgIpc) is 3.21. The number of hydrogen-bond donors (Lipinski definition) is 2. The van der Waals surface area contributed by atoms with E-state index < -0.39 is 151 Å². The van der Waals surface area contributed by atoms with E-state index in [-0.39, 0.29) is 37.7 Å². The maximum absolute atomic E-state index is 15.1. The van der Waals surface area contributed by atoms with E-state index >= 15 is 35.1 Å². The summed E-state index contributed by atoms with van der Waals surface area (Å²) in [4.78, 5) is 0. The first-order chi connectivity index (χ1) is 30.9. The third-order valence-electron chi connectivity index (χ3n) is 12.1. The van der Waals surface area contributed by atoms with Crippen LogP contribution in [0.5, 0.6) is 0 Å². The molecular formula is C42H40B2F20Li2N2O2+2. The first-order valence-corrected chi connectivity index (χ1v) is 20.4. The van der Waals surface area contributed by atoms with Crippen molar-refractivity contribution in [1.82, 2.24) is 0 Å². The summed E-state index contributed by atoms with van der Waals surface area (Å²) in [6, 6.07) is 0. The summed E-state index contributed by atoms with van der Waals surface area (Å²) in [5.74, 6) is -65.4. The zero-order valence-corrected chi connectivity index (χ0v) is 38.9. The second-order valence-corrected chi connectivity index (χ2v) is 19.6. The third kappa shape index (κ3) is 10.7. The summed E-state index contributed by atoms with van der Waals surface area (Å²) >= 11 is 0. The SMILES string of the molecule is CC1(C)CCCC(C)(C)[NH2+]1.CC1(C)CCCC(C)(C)[NH2+]1.Fc1c(F)c(F)c([B-]2(c3c(F)c(F)c(F)c(F)c3F)O[B-](c3c(F)c(F)c(F)c(F)c3F)(c3c(F)c(F)c(F)c(F)c3F)O2)c(F)c1F.[Li+].[Li+]. The first kappa shape index (κ1) is 60.9. The van der Waals surface area contributed by atoms with E-state index in [0.717, 1.165) is 0 Å². The summed E-state index contributed by atoms with van der Waals surface area (Å²) in [6.45, 7) is 6.29. The molecule has 3 aliphatic heterocycles. The van der Waals surface area contributed by atoms with Crippen molar-refractivity contribution >= 4 is 35.0 Å². The molecule has 0 spiro atoms. The van der Waals surface area contributed by atoms with Gasteiger partial charge < -0.3 is 19.8 Å². The minimum Gasteiger partial charge on any atom is -0.764 e. The van der Waals surface area contributed by atoms with Crippen molar-refractivity contribution in [3.05, 3.63) is 116 Å². The Hall–Kier alpha value is -3.36. The van der Waals surface area contributed by atoms with Gasteiger partial charge in [0.2, 0.25) is 13.1 Å².